The van der Waals surface area contributed by atoms with Gasteiger partial charge in [-0.25, -0.2) is 0 Å². The molecule has 0 radical (unpaired) electrons. The molecule has 5 atom stereocenters. The normalized spacial score (nSPS) is 29.3. The minimum Gasteiger partial charge on any atom is -0.507 e. The first-order valence-corrected chi connectivity index (χ1v) is 11.8. The molecule has 2 fully saturated rings. The van der Waals surface area contributed by atoms with Crippen molar-refractivity contribution in [3.63, 3.8) is 0 Å². The third-order valence-electron chi connectivity index (χ3n) is 7.98. The molecule has 2 aromatic rings. The number of anilines is 1. The maximum absolute atomic E-state index is 13.6. The molecule has 9 nitrogen and oxygen atoms in total. The van der Waals surface area contributed by atoms with E-state index in [1.807, 2.05) is 43.3 Å². The maximum atomic E-state index is 13.6. The number of ketones is 4. The molecule has 5 rings (SSSR count). The minimum atomic E-state index is -2.64. The van der Waals surface area contributed by atoms with Crippen LogP contribution in [0.2, 0.25) is 0 Å². The van der Waals surface area contributed by atoms with E-state index in [1.54, 1.807) is 6.07 Å². The number of phenols is 1. The summed E-state index contributed by atoms with van der Waals surface area (Å²) >= 11 is 0. The fourth-order valence-electron chi connectivity index (χ4n) is 6.18. The van der Waals surface area contributed by atoms with Crippen LogP contribution in [-0.4, -0.2) is 58.9 Å². The Morgan fingerprint density at radius 3 is 2.28 bits per heavy atom. The van der Waals surface area contributed by atoms with E-state index in [-0.39, 0.29) is 30.6 Å². The Morgan fingerprint density at radius 1 is 1.00 bits per heavy atom. The second-order valence-corrected chi connectivity index (χ2v) is 10.2. The molecule has 0 saturated heterocycles. The van der Waals surface area contributed by atoms with Crippen molar-refractivity contribution in [1.82, 2.24) is 0 Å². The summed E-state index contributed by atoms with van der Waals surface area (Å²) in [6, 6.07) is 10.8. The number of carbonyl (C=O) groups excluding carboxylic acids is 5. The zero-order valence-electron chi connectivity index (χ0n) is 19.9. The molecule has 186 valence electrons. The molecule has 36 heavy (non-hydrogen) atoms. The van der Waals surface area contributed by atoms with Crippen LogP contribution in [0.15, 0.2) is 36.4 Å². The number of nitrogens with zero attached hydrogens (tertiary/aromatic N) is 1. The SMILES string of the molecule is CN(C)c1ccc(-c2ccc(O)c3c2C[C@H]2C[C@H]4CC(=O)C(C(N)=O)C(=O)[C@@]4(O)C(=O)C2C3=O)cc1. The molecule has 9 heteroatoms. The second kappa shape index (κ2) is 8.09. The average Bonchev–Trinajstić information content (AvgIpc) is 2.81. The van der Waals surface area contributed by atoms with Gasteiger partial charge in [0.2, 0.25) is 5.91 Å². The van der Waals surface area contributed by atoms with Crippen molar-refractivity contribution in [2.75, 3.05) is 19.0 Å². The predicted octanol–water partition coefficient (Wildman–Crippen LogP) is 1.06. The van der Waals surface area contributed by atoms with Crippen molar-refractivity contribution in [2.45, 2.75) is 24.9 Å². The number of aliphatic hydroxyl groups is 1. The Balaban J connectivity index is 1.59. The number of aromatic hydroxyl groups is 1. The molecule has 3 aliphatic rings. The van der Waals surface area contributed by atoms with Gasteiger partial charge >= 0.3 is 0 Å². The van der Waals surface area contributed by atoms with Crippen molar-refractivity contribution in [2.24, 2.45) is 29.4 Å². The monoisotopic (exact) mass is 490 g/mol. The fourth-order valence-corrected chi connectivity index (χ4v) is 6.18. The summed E-state index contributed by atoms with van der Waals surface area (Å²) in [5, 5.41) is 21.9. The number of rotatable bonds is 3. The summed E-state index contributed by atoms with van der Waals surface area (Å²) < 4.78 is 0. The molecule has 1 amide bonds. The molecule has 2 aromatic carbocycles. The number of nitrogens with two attached hydrogens (primary N) is 1. The smallest absolute Gasteiger partial charge is 0.235 e. The molecule has 0 bridgehead atoms. The second-order valence-electron chi connectivity index (χ2n) is 10.2. The molecular formula is C27H26N2O7. The van der Waals surface area contributed by atoms with Crippen LogP contribution in [-0.2, 0) is 25.6 Å². The van der Waals surface area contributed by atoms with E-state index in [0.29, 0.717) is 5.56 Å². The number of hydrogen-bond acceptors (Lipinski definition) is 8. The summed E-state index contributed by atoms with van der Waals surface area (Å²) in [5.41, 5.74) is 5.69. The largest absolute Gasteiger partial charge is 0.507 e. The molecule has 0 spiro atoms. The number of fused-ring (bicyclic) bond motifs is 3. The van der Waals surface area contributed by atoms with E-state index < -0.39 is 58.3 Å². The van der Waals surface area contributed by atoms with Crippen molar-refractivity contribution < 1.29 is 34.2 Å². The fraction of sp³-hybridized carbons (Fsp3) is 0.370. The van der Waals surface area contributed by atoms with Crippen LogP contribution in [0.3, 0.4) is 0 Å². The van der Waals surface area contributed by atoms with Gasteiger partial charge in [0.1, 0.15) is 5.75 Å². The van der Waals surface area contributed by atoms with Gasteiger partial charge in [0.15, 0.2) is 34.7 Å². The van der Waals surface area contributed by atoms with Gasteiger partial charge < -0.3 is 20.8 Å². The van der Waals surface area contributed by atoms with Crippen LogP contribution in [0.5, 0.6) is 5.75 Å². The zero-order chi connectivity index (χ0) is 26.1. The molecule has 4 N–H and O–H groups in total. The number of primary amides is 1. The van der Waals surface area contributed by atoms with Gasteiger partial charge in [-0.05, 0) is 53.6 Å². The van der Waals surface area contributed by atoms with E-state index in [0.717, 1.165) is 16.8 Å². The topological polar surface area (TPSA) is 155 Å². The quantitative estimate of drug-likeness (QED) is 0.540. The van der Waals surface area contributed by atoms with Crippen LogP contribution in [0.4, 0.5) is 5.69 Å². The van der Waals surface area contributed by atoms with Crippen molar-refractivity contribution in [3.05, 3.63) is 47.5 Å². The van der Waals surface area contributed by atoms with E-state index in [9.17, 15) is 34.2 Å². The van der Waals surface area contributed by atoms with Crippen LogP contribution in [0.25, 0.3) is 11.1 Å². The lowest BCUT2D eigenvalue weighted by Gasteiger charge is -2.48. The molecule has 0 heterocycles. The van der Waals surface area contributed by atoms with Gasteiger partial charge in [-0.2, -0.15) is 0 Å². The van der Waals surface area contributed by atoms with Gasteiger partial charge in [0.05, 0.1) is 11.5 Å². The summed E-state index contributed by atoms with van der Waals surface area (Å²) in [6.45, 7) is 0. The van der Waals surface area contributed by atoms with Gasteiger partial charge in [-0.1, -0.05) is 18.2 Å². The van der Waals surface area contributed by atoms with Crippen molar-refractivity contribution in [1.29, 1.82) is 0 Å². The van der Waals surface area contributed by atoms with E-state index in [1.165, 1.54) is 6.07 Å². The van der Waals surface area contributed by atoms with Crippen LogP contribution in [0, 0.1) is 23.7 Å². The molecule has 2 saturated carbocycles. The van der Waals surface area contributed by atoms with E-state index in [4.69, 9.17) is 5.73 Å². The number of hydrogen-bond donors (Lipinski definition) is 3. The minimum absolute atomic E-state index is 0.00776. The highest BCUT2D eigenvalue weighted by atomic mass is 16.3. The van der Waals surface area contributed by atoms with Gasteiger partial charge in [-0.15, -0.1) is 0 Å². The lowest BCUT2D eigenvalue weighted by Crippen LogP contribution is -2.68. The van der Waals surface area contributed by atoms with Crippen LogP contribution in [0.1, 0.15) is 28.8 Å². The Labute approximate surface area is 206 Å². The van der Waals surface area contributed by atoms with Gasteiger partial charge in [-0.3, -0.25) is 24.0 Å². The van der Waals surface area contributed by atoms with Crippen molar-refractivity contribution in [3.8, 4) is 16.9 Å². The van der Waals surface area contributed by atoms with E-state index in [2.05, 4.69) is 0 Å². The first-order valence-electron chi connectivity index (χ1n) is 11.8. The van der Waals surface area contributed by atoms with E-state index >= 15 is 0 Å². The Morgan fingerprint density at radius 2 is 1.67 bits per heavy atom. The molecular weight excluding hydrogens is 464 g/mol. The lowest BCUT2D eigenvalue weighted by molar-refractivity contribution is -0.175. The number of benzene rings is 2. The Bertz CT molecular complexity index is 1350. The highest BCUT2D eigenvalue weighted by Gasteiger charge is 2.66. The molecule has 0 aliphatic heterocycles. The molecule has 2 unspecified atom stereocenters. The third kappa shape index (κ3) is 3.22. The first-order chi connectivity index (χ1) is 17.0. The number of carbonyl (C=O) groups is 5. The average molecular weight is 491 g/mol. The van der Waals surface area contributed by atoms with Gasteiger partial charge in [0, 0.05) is 32.1 Å². The summed E-state index contributed by atoms with van der Waals surface area (Å²) in [4.78, 5) is 66.4. The lowest BCUT2D eigenvalue weighted by atomic mass is 9.53. The third-order valence-corrected chi connectivity index (χ3v) is 7.98. The Hall–Kier alpha value is -3.85. The number of phenolic OH excluding ortho intramolecular Hbond substituents is 1. The van der Waals surface area contributed by atoms with Crippen molar-refractivity contribution >= 4 is 34.7 Å². The number of Topliss-reactive ketones (excluding diaryl/α,β-unsaturated/α-hetero) is 4. The highest BCUT2D eigenvalue weighted by molar-refractivity contribution is 6.31. The van der Waals surface area contributed by atoms with Crippen LogP contribution >= 0.6 is 0 Å². The zero-order valence-corrected chi connectivity index (χ0v) is 19.9. The highest BCUT2D eigenvalue weighted by Crippen LogP contribution is 2.51. The first kappa shape index (κ1) is 23.9. The molecule has 3 aliphatic carbocycles. The number of amides is 1. The summed E-state index contributed by atoms with van der Waals surface area (Å²) in [7, 11) is 3.84. The Kier molecular flexibility index (Phi) is 5.37. The van der Waals surface area contributed by atoms with Gasteiger partial charge in [0.25, 0.3) is 0 Å². The van der Waals surface area contributed by atoms with Crippen LogP contribution < -0.4 is 10.6 Å². The molecule has 0 aromatic heterocycles. The maximum Gasteiger partial charge on any atom is 0.235 e. The standard InChI is InChI=1S/C27H26N2O7/c1-29(2)15-5-3-12(4-6-15)16-7-8-18(30)21-17(16)10-13-9-14-11-19(31)22(26(28)35)25(34)27(14,36)24(33)20(13)23(21)32/h3-8,13-14,20,22,30,36H,9-11H2,1-2H3,(H2,28,35)/t13-,14+,20?,22?,27+/m1/s1. The summed E-state index contributed by atoms with van der Waals surface area (Å²) in [6.07, 6.45) is -0.0503. The summed E-state index contributed by atoms with van der Waals surface area (Å²) in [5.74, 6) is -10.1. The predicted molar refractivity (Wildman–Crippen MR) is 128 cm³/mol.